The van der Waals surface area contributed by atoms with E-state index in [1.807, 2.05) is 24.5 Å². The van der Waals surface area contributed by atoms with Crippen molar-refractivity contribution >= 4 is 8.41 Å². The second-order valence-electron chi connectivity index (χ2n) is 2.57. The summed E-state index contributed by atoms with van der Waals surface area (Å²) in [6, 6.07) is 8.19. The quantitative estimate of drug-likeness (QED) is 0.643. The van der Waals surface area contributed by atoms with Crippen molar-refractivity contribution in [2.75, 3.05) is 0 Å². The van der Waals surface area contributed by atoms with Gasteiger partial charge >= 0.3 is 0 Å². The van der Waals surface area contributed by atoms with Gasteiger partial charge < -0.3 is 9.97 Å². The summed E-state index contributed by atoms with van der Waals surface area (Å²) in [5.74, 6) is 0. The van der Waals surface area contributed by atoms with Gasteiger partial charge in [0.05, 0.1) is 8.41 Å². The highest BCUT2D eigenvalue weighted by molar-refractivity contribution is 5.75. The van der Waals surface area contributed by atoms with Crippen LogP contribution in [0.1, 0.15) is 11.4 Å². The van der Waals surface area contributed by atoms with E-state index in [0.717, 1.165) is 6.42 Å². The number of rotatable bonds is 2. The molecule has 0 bridgehead atoms. The smallest absolute Gasteiger partial charge is 0.0814 e. The third-order valence-corrected chi connectivity index (χ3v) is 1.71. The summed E-state index contributed by atoms with van der Waals surface area (Å²) in [4.78, 5) is 6.31. The molecule has 0 aliphatic heterocycles. The summed E-state index contributed by atoms with van der Waals surface area (Å²) in [6.07, 6.45) is 4.84. The van der Waals surface area contributed by atoms with Crippen molar-refractivity contribution < 1.29 is 4.70 Å². The van der Waals surface area contributed by atoms with E-state index < -0.39 is 0 Å². The molecule has 2 aromatic rings. The van der Waals surface area contributed by atoms with Gasteiger partial charge in [-0.25, -0.2) is 0 Å². The molecule has 70 valence electrons. The first kappa shape index (κ1) is 11.6. The van der Waals surface area contributed by atoms with Crippen molar-refractivity contribution in [3.63, 3.8) is 0 Å². The minimum Gasteiger partial charge on any atom is -0.365 e. The number of hydrogen-bond donors (Lipinski definition) is 2. The fourth-order valence-electron chi connectivity index (χ4n) is 1.16. The maximum atomic E-state index is 3.16. The van der Waals surface area contributed by atoms with Crippen LogP contribution in [0.25, 0.3) is 0 Å². The Morgan fingerprint density at radius 3 is 1.69 bits per heavy atom. The summed E-state index contributed by atoms with van der Waals surface area (Å²) in [5.41, 5.74) is 2.49. The first-order chi connectivity index (χ1) is 5.45. The zero-order chi connectivity index (χ0) is 7.52. The molecule has 2 rings (SSSR count). The molecule has 0 aromatic carbocycles. The predicted molar refractivity (Wildman–Crippen MR) is 56.8 cm³/mol. The van der Waals surface area contributed by atoms with Crippen molar-refractivity contribution in [3.05, 3.63) is 48.0 Å². The van der Waals surface area contributed by atoms with E-state index in [4.69, 9.17) is 0 Å². The number of aromatic amines is 2. The van der Waals surface area contributed by atoms with E-state index in [1.165, 1.54) is 11.4 Å². The Kier molecular flexibility index (Phi) is 4.66. The number of halogens is 1. The van der Waals surface area contributed by atoms with Crippen molar-refractivity contribution in [2.24, 2.45) is 0 Å². The average molecular weight is 180 g/mol. The molecule has 4 heteroatoms. The third-order valence-electron chi connectivity index (χ3n) is 1.71. The minimum absolute atomic E-state index is 0. The molecule has 0 unspecified atom stereocenters. The maximum absolute atomic E-state index is 3.16. The molecule has 0 radical (unpaired) electrons. The summed E-state index contributed by atoms with van der Waals surface area (Å²) < 4.78 is 0. The van der Waals surface area contributed by atoms with E-state index in [1.54, 1.807) is 0 Å². The van der Waals surface area contributed by atoms with Crippen LogP contribution < -0.4 is 0 Å². The molecule has 0 fully saturated rings. The molecule has 2 heterocycles. The molecule has 0 aliphatic rings. The van der Waals surface area contributed by atoms with Gasteiger partial charge in [0.1, 0.15) is 0 Å². The van der Waals surface area contributed by atoms with Crippen molar-refractivity contribution in [3.8, 4) is 0 Å². The largest absolute Gasteiger partial charge is 0.365 e. The molecular formula is C9H14BFN2. The van der Waals surface area contributed by atoms with Gasteiger partial charge in [0.25, 0.3) is 0 Å². The van der Waals surface area contributed by atoms with Gasteiger partial charge in [0, 0.05) is 30.2 Å². The van der Waals surface area contributed by atoms with Crippen molar-refractivity contribution in [1.29, 1.82) is 0 Å². The fraction of sp³-hybridized carbons (Fsp3) is 0.111. The topological polar surface area (TPSA) is 31.6 Å². The van der Waals surface area contributed by atoms with E-state index in [0.29, 0.717) is 0 Å². The molecule has 0 saturated heterocycles. The Bertz CT molecular complexity index is 270. The Balaban J connectivity index is 0.000000720. The van der Waals surface area contributed by atoms with E-state index >= 15 is 0 Å². The van der Waals surface area contributed by atoms with Crippen LogP contribution in [0.4, 0.5) is 4.70 Å². The van der Waals surface area contributed by atoms with Gasteiger partial charge in [-0.15, -0.1) is 0 Å². The van der Waals surface area contributed by atoms with Crippen LogP contribution in [-0.4, -0.2) is 18.4 Å². The SMILES string of the molecule is B.F.c1c[nH]c(Cc2ccc[nH]2)c1. The second kappa shape index (κ2) is 5.24. The standard InChI is InChI=1S/C9H10N2.BH3.FH/c1-3-8(10-5-1)7-9-4-2-6-11-9;;/h1-6,10-11H,7H2;1H3;1H. The van der Waals surface area contributed by atoms with Crippen LogP contribution in [0.2, 0.25) is 0 Å². The van der Waals surface area contributed by atoms with Crippen LogP contribution in [0.5, 0.6) is 0 Å². The van der Waals surface area contributed by atoms with Crippen molar-refractivity contribution in [2.45, 2.75) is 6.42 Å². The van der Waals surface area contributed by atoms with Gasteiger partial charge in [-0.1, -0.05) is 0 Å². The zero-order valence-corrected chi connectivity index (χ0v) is 6.58. The number of H-pyrrole nitrogens is 2. The van der Waals surface area contributed by atoms with Crippen molar-refractivity contribution in [1.82, 2.24) is 9.97 Å². The molecule has 0 saturated carbocycles. The van der Waals surface area contributed by atoms with Gasteiger partial charge in [-0.2, -0.15) is 0 Å². The highest BCUT2D eigenvalue weighted by atomic mass is 19.0. The van der Waals surface area contributed by atoms with Crippen LogP contribution >= 0.6 is 0 Å². The van der Waals surface area contributed by atoms with Gasteiger partial charge in [-0.3, -0.25) is 4.70 Å². The summed E-state index contributed by atoms with van der Waals surface area (Å²) in [5, 5.41) is 0. The monoisotopic (exact) mass is 180 g/mol. The molecule has 0 atom stereocenters. The lowest BCUT2D eigenvalue weighted by Gasteiger charge is -1.92. The third kappa shape index (κ3) is 2.82. The molecule has 0 aliphatic carbocycles. The molecule has 0 spiro atoms. The number of nitrogens with one attached hydrogen (secondary N) is 2. The molecule has 0 amide bonds. The summed E-state index contributed by atoms with van der Waals surface area (Å²) in [7, 11) is 0. The van der Waals surface area contributed by atoms with Gasteiger partial charge in [0.2, 0.25) is 0 Å². The lowest BCUT2D eigenvalue weighted by atomic mass is 10.2. The molecular weight excluding hydrogens is 166 g/mol. The molecule has 2 N–H and O–H groups in total. The highest BCUT2D eigenvalue weighted by Crippen LogP contribution is 2.03. The van der Waals surface area contributed by atoms with E-state index in [-0.39, 0.29) is 13.1 Å². The zero-order valence-electron chi connectivity index (χ0n) is 6.58. The van der Waals surface area contributed by atoms with Gasteiger partial charge in [0.15, 0.2) is 0 Å². The minimum atomic E-state index is 0. The molecule has 2 nitrogen and oxygen atoms in total. The number of hydrogen-bond acceptors (Lipinski definition) is 0. The van der Waals surface area contributed by atoms with Crippen LogP contribution in [0.3, 0.4) is 0 Å². The molecule has 13 heavy (non-hydrogen) atoms. The Morgan fingerprint density at radius 2 is 1.38 bits per heavy atom. The van der Waals surface area contributed by atoms with E-state index in [2.05, 4.69) is 22.1 Å². The van der Waals surface area contributed by atoms with Crippen LogP contribution in [0.15, 0.2) is 36.7 Å². The summed E-state index contributed by atoms with van der Waals surface area (Å²) >= 11 is 0. The summed E-state index contributed by atoms with van der Waals surface area (Å²) in [6.45, 7) is 0. The fourth-order valence-corrected chi connectivity index (χ4v) is 1.16. The van der Waals surface area contributed by atoms with E-state index in [9.17, 15) is 0 Å². The molecule has 2 aromatic heterocycles. The maximum Gasteiger partial charge on any atom is 0.0814 e. The second-order valence-corrected chi connectivity index (χ2v) is 2.57. The van der Waals surface area contributed by atoms with Crippen LogP contribution in [0, 0.1) is 0 Å². The first-order valence-electron chi connectivity index (χ1n) is 3.70. The lowest BCUT2D eigenvalue weighted by Crippen LogP contribution is -1.86. The normalized spacial score (nSPS) is 8.62. The Labute approximate surface area is 78.3 Å². The lowest BCUT2D eigenvalue weighted by molar-refractivity contribution is 1.05. The van der Waals surface area contributed by atoms with Gasteiger partial charge in [-0.05, 0) is 24.3 Å². The average Bonchev–Trinajstić information content (AvgIpc) is 2.60. The number of aromatic nitrogens is 2. The predicted octanol–water partition coefficient (Wildman–Crippen LogP) is 0.902. The van der Waals surface area contributed by atoms with Crippen LogP contribution in [-0.2, 0) is 6.42 Å². The highest BCUT2D eigenvalue weighted by Gasteiger charge is 1.94. The Morgan fingerprint density at radius 1 is 0.923 bits per heavy atom. The first-order valence-corrected chi connectivity index (χ1v) is 3.70. The Hall–Kier alpha value is -1.45.